The number of aromatic nitrogens is 2. The number of rotatable bonds is 7. The van der Waals surface area contributed by atoms with Crippen LogP contribution in [0, 0.1) is 12.8 Å². The van der Waals surface area contributed by atoms with E-state index in [9.17, 15) is 4.79 Å². The normalized spacial score (nSPS) is 14.2. The largest absolute Gasteiger partial charge is 0.346 e. The van der Waals surface area contributed by atoms with Gasteiger partial charge in [-0.15, -0.1) is 0 Å². The van der Waals surface area contributed by atoms with E-state index in [1.165, 1.54) is 0 Å². The molecule has 102 valence electrons. The van der Waals surface area contributed by atoms with Crippen molar-refractivity contribution in [3.8, 4) is 0 Å². The summed E-state index contributed by atoms with van der Waals surface area (Å²) in [6, 6.07) is -0.154. The van der Waals surface area contributed by atoms with Crippen LogP contribution in [0.15, 0.2) is 4.52 Å². The first-order valence-electron chi connectivity index (χ1n) is 6.69. The Hall–Kier alpha value is -1.39. The smallest absolute Gasteiger partial charge is 0.223 e. The lowest BCUT2D eigenvalue weighted by molar-refractivity contribution is -0.125. The molecule has 0 radical (unpaired) electrons. The van der Waals surface area contributed by atoms with Crippen LogP contribution in [-0.4, -0.2) is 16.0 Å². The van der Waals surface area contributed by atoms with Crippen molar-refractivity contribution in [2.45, 2.75) is 59.4 Å². The molecule has 0 aliphatic rings. The zero-order chi connectivity index (χ0) is 13.5. The van der Waals surface area contributed by atoms with Gasteiger partial charge in [-0.05, 0) is 12.8 Å². The molecule has 0 spiro atoms. The topological polar surface area (TPSA) is 68.0 Å². The highest BCUT2D eigenvalue weighted by Gasteiger charge is 2.20. The molecule has 0 bridgehead atoms. The van der Waals surface area contributed by atoms with Crippen molar-refractivity contribution < 1.29 is 9.32 Å². The highest BCUT2D eigenvalue weighted by molar-refractivity contribution is 5.78. The second kappa shape index (κ2) is 7.13. The lowest BCUT2D eigenvalue weighted by atomic mass is 10.0. The van der Waals surface area contributed by atoms with Crippen LogP contribution in [0.2, 0.25) is 0 Å². The van der Waals surface area contributed by atoms with Gasteiger partial charge in [0.05, 0.1) is 6.04 Å². The van der Waals surface area contributed by atoms with E-state index in [1.807, 2.05) is 13.8 Å². The summed E-state index contributed by atoms with van der Waals surface area (Å²) in [5.74, 6) is 1.19. The molecular weight excluding hydrogens is 230 g/mol. The first kappa shape index (κ1) is 14.7. The lowest BCUT2D eigenvalue weighted by Crippen LogP contribution is -2.33. The van der Waals surface area contributed by atoms with Gasteiger partial charge in [-0.2, -0.15) is 4.98 Å². The first-order valence-corrected chi connectivity index (χ1v) is 6.69. The third kappa shape index (κ3) is 4.13. The minimum Gasteiger partial charge on any atom is -0.346 e. The van der Waals surface area contributed by atoms with Crippen LogP contribution in [0.4, 0.5) is 0 Å². The summed E-state index contributed by atoms with van der Waals surface area (Å²) in [5.41, 5.74) is 0. The molecule has 5 heteroatoms. The standard InChI is InChI=1S/C13H23N3O2/c1-5-7-8-9(3)13(17)15-11(6-2)12-14-10(4)18-16-12/h9,11H,5-8H2,1-4H3,(H,15,17). The van der Waals surface area contributed by atoms with Crippen molar-refractivity contribution in [3.63, 3.8) is 0 Å². The van der Waals surface area contributed by atoms with E-state index in [0.29, 0.717) is 11.7 Å². The molecule has 1 N–H and O–H groups in total. The molecule has 1 aromatic rings. The Morgan fingerprint density at radius 3 is 2.67 bits per heavy atom. The summed E-state index contributed by atoms with van der Waals surface area (Å²) in [7, 11) is 0. The Bertz CT molecular complexity index is 376. The Kier molecular flexibility index (Phi) is 5.82. The molecule has 1 aromatic heterocycles. The van der Waals surface area contributed by atoms with Crippen molar-refractivity contribution in [2.75, 3.05) is 0 Å². The molecular formula is C13H23N3O2. The summed E-state index contributed by atoms with van der Waals surface area (Å²) >= 11 is 0. The third-order valence-corrected chi connectivity index (χ3v) is 3.02. The number of aryl methyl sites for hydroxylation is 1. The molecule has 0 saturated heterocycles. The highest BCUT2D eigenvalue weighted by atomic mass is 16.5. The van der Waals surface area contributed by atoms with Gasteiger partial charge in [0.15, 0.2) is 5.82 Å². The molecule has 1 amide bonds. The summed E-state index contributed by atoms with van der Waals surface area (Å²) in [5, 5.41) is 6.84. The SMILES string of the molecule is CCCCC(C)C(=O)NC(CC)c1noc(C)n1. The molecule has 0 aliphatic carbocycles. The second-order valence-corrected chi connectivity index (χ2v) is 4.68. The van der Waals surface area contributed by atoms with E-state index in [1.54, 1.807) is 6.92 Å². The minimum atomic E-state index is -0.154. The zero-order valence-corrected chi connectivity index (χ0v) is 11.7. The molecule has 0 aliphatic heterocycles. The molecule has 1 rings (SSSR count). The van der Waals surface area contributed by atoms with Crippen LogP contribution in [0.1, 0.15) is 64.2 Å². The van der Waals surface area contributed by atoms with Gasteiger partial charge in [-0.3, -0.25) is 4.79 Å². The number of nitrogens with one attached hydrogen (secondary N) is 1. The maximum Gasteiger partial charge on any atom is 0.223 e. The fourth-order valence-electron chi connectivity index (χ4n) is 1.76. The minimum absolute atomic E-state index is 0.0343. The van der Waals surface area contributed by atoms with Gasteiger partial charge in [0.2, 0.25) is 11.8 Å². The Balaban J connectivity index is 2.55. The number of carbonyl (C=O) groups excluding carboxylic acids is 1. The maximum absolute atomic E-state index is 12.0. The molecule has 2 atom stereocenters. The molecule has 2 unspecified atom stereocenters. The van der Waals surface area contributed by atoms with E-state index >= 15 is 0 Å². The van der Waals surface area contributed by atoms with Crippen molar-refractivity contribution >= 4 is 5.91 Å². The van der Waals surface area contributed by atoms with E-state index in [0.717, 1.165) is 25.7 Å². The first-order chi connectivity index (χ1) is 8.58. The fourth-order valence-corrected chi connectivity index (χ4v) is 1.76. The van der Waals surface area contributed by atoms with Crippen molar-refractivity contribution in [3.05, 3.63) is 11.7 Å². The Labute approximate surface area is 108 Å². The summed E-state index contributed by atoms with van der Waals surface area (Å²) in [4.78, 5) is 16.2. The molecule has 0 aromatic carbocycles. The average Bonchev–Trinajstić information content (AvgIpc) is 2.79. The highest BCUT2D eigenvalue weighted by Crippen LogP contribution is 2.15. The van der Waals surface area contributed by atoms with Crippen LogP contribution in [0.25, 0.3) is 0 Å². The van der Waals surface area contributed by atoms with Gasteiger partial charge in [-0.1, -0.05) is 38.8 Å². The monoisotopic (exact) mass is 253 g/mol. The second-order valence-electron chi connectivity index (χ2n) is 4.68. The molecule has 0 saturated carbocycles. The van der Waals surface area contributed by atoms with E-state index in [4.69, 9.17) is 4.52 Å². The molecule has 1 heterocycles. The Morgan fingerprint density at radius 1 is 1.44 bits per heavy atom. The third-order valence-electron chi connectivity index (χ3n) is 3.02. The van der Waals surface area contributed by atoms with Crippen LogP contribution in [0.5, 0.6) is 0 Å². The fraction of sp³-hybridized carbons (Fsp3) is 0.769. The number of amides is 1. The van der Waals surface area contributed by atoms with Crippen molar-refractivity contribution in [2.24, 2.45) is 5.92 Å². The molecule has 0 fully saturated rings. The summed E-state index contributed by atoms with van der Waals surface area (Å²) in [6.45, 7) is 7.82. The maximum atomic E-state index is 12.0. The van der Waals surface area contributed by atoms with Crippen molar-refractivity contribution in [1.29, 1.82) is 0 Å². The Morgan fingerprint density at radius 2 is 2.17 bits per heavy atom. The van der Waals surface area contributed by atoms with E-state index < -0.39 is 0 Å². The molecule has 18 heavy (non-hydrogen) atoms. The average molecular weight is 253 g/mol. The van der Waals surface area contributed by atoms with E-state index in [-0.39, 0.29) is 17.9 Å². The van der Waals surface area contributed by atoms with Gasteiger partial charge in [0.25, 0.3) is 0 Å². The predicted octanol–water partition coefficient (Wildman–Crippen LogP) is 2.77. The number of hydrogen-bond donors (Lipinski definition) is 1. The van der Waals surface area contributed by atoms with Crippen LogP contribution >= 0.6 is 0 Å². The van der Waals surface area contributed by atoms with Gasteiger partial charge in [0.1, 0.15) is 0 Å². The quantitative estimate of drug-likeness (QED) is 0.811. The van der Waals surface area contributed by atoms with Crippen LogP contribution in [-0.2, 0) is 4.79 Å². The van der Waals surface area contributed by atoms with Gasteiger partial charge in [-0.25, -0.2) is 0 Å². The molecule has 5 nitrogen and oxygen atoms in total. The van der Waals surface area contributed by atoms with Crippen LogP contribution < -0.4 is 5.32 Å². The van der Waals surface area contributed by atoms with Crippen LogP contribution in [0.3, 0.4) is 0 Å². The summed E-state index contributed by atoms with van der Waals surface area (Å²) < 4.78 is 4.94. The number of unbranched alkanes of at least 4 members (excludes halogenated alkanes) is 1. The predicted molar refractivity (Wildman–Crippen MR) is 68.9 cm³/mol. The number of hydrogen-bond acceptors (Lipinski definition) is 4. The zero-order valence-electron chi connectivity index (χ0n) is 11.7. The van der Waals surface area contributed by atoms with Gasteiger partial charge >= 0.3 is 0 Å². The summed E-state index contributed by atoms with van der Waals surface area (Å²) in [6.07, 6.45) is 3.86. The number of nitrogens with zero attached hydrogens (tertiary/aromatic N) is 2. The van der Waals surface area contributed by atoms with E-state index in [2.05, 4.69) is 22.4 Å². The number of carbonyl (C=O) groups is 1. The lowest BCUT2D eigenvalue weighted by Gasteiger charge is -2.17. The van der Waals surface area contributed by atoms with Gasteiger partial charge < -0.3 is 9.84 Å². The van der Waals surface area contributed by atoms with Crippen molar-refractivity contribution in [1.82, 2.24) is 15.5 Å². The van der Waals surface area contributed by atoms with Gasteiger partial charge in [0, 0.05) is 12.8 Å².